The second-order valence-electron chi connectivity index (χ2n) is 13.7. The van der Waals surface area contributed by atoms with Crippen molar-refractivity contribution in [3.05, 3.63) is 108 Å². The first-order valence-corrected chi connectivity index (χ1v) is 16.4. The molecule has 10 rings (SSSR count). The molecule has 0 unspecified atom stereocenters. The van der Waals surface area contributed by atoms with Crippen LogP contribution in [0.3, 0.4) is 0 Å². The maximum atomic E-state index is 15.5. The number of fused-ring (bicyclic) bond motifs is 5. The number of hydrogen-bond acceptors (Lipinski definition) is 5. The molecule has 2 saturated carbocycles. The summed E-state index contributed by atoms with van der Waals surface area (Å²) in [5.41, 5.74) is 5.69. The van der Waals surface area contributed by atoms with Crippen molar-refractivity contribution in [2.24, 2.45) is 11.8 Å². The van der Waals surface area contributed by atoms with Gasteiger partial charge in [-0.1, -0.05) is 54.6 Å². The van der Waals surface area contributed by atoms with Crippen LogP contribution in [0.1, 0.15) is 59.8 Å². The lowest BCUT2D eigenvalue weighted by Gasteiger charge is -2.25. The Kier molecular flexibility index (Phi) is 5.72. The molecule has 4 heterocycles. The van der Waals surface area contributed by atoms with Crippen molar-refractivity contribution in [3.8, 4) is 22.4 Å². The molecule has 4 aliphatic rings. The zero-order valence-electron chi connectivity index (χ0n) is 25.2. The fraction of sp³-hybridized carbons (Fsp3) is 0.289. The van der Waals surface area contributed by atoms with Crippen molar-refractivity contribution < 1.29 is 9.18 Å². The molecular weight excluding hydrogens is 575 g/mol. The fourth-order valence-electron chi connectivity index (χ4n) is 8.18. The average molecular weight is 609 g/mol. The molecule has 8 heteroatoms. The van der Waals surface area contributed by atoms with E-state index in [4.69, 9.17) is 4.98 Å². The van der Waals surface area contributed by atoms with Gasteiger partial charge < -0.3 is 15.3 Å². The number of nitrogens with one attached hydrogen (secondary N) is 3. The van der Waals surface area contributed by atoms with Crippen molar-refractivity contribution >= 4 is 27.6 Å². The third kappa shape index (κ3) is 4.35. The Bertz CT molecular complexity index is 2160. The monoisotopic (exact) mass is 608 g/mol. The van der Waals surface area contributed by atoms with Gasteiger partial charge in [-0.3, -0.25) is 9.69 Å². The van der Waals surface area contributed by atoms with E-state index in [9.17, 15) is 4.79 Å². The van der Waals surface area contributed by atoms with Gasteiger partial charge in [0.2, 0.25) is 0 Å². The maximum absolute atomic E-state index is 15.5. The molecule has 0 radical (unpaired) electrons. The zero-order chi connectivity index (χ0) is 30.5. The summed E-state index contributed by atoms with van der Waals surface area (Å²) >= 11 is 0. The van der Waals surface area contributed by atoms with E-state index in [0.29, 0.717) is 35.8 Å². The summed E-state index contributed by atoms with van der Waals surface area (Å²) in [6.45, 7) is 0.409. The summed E-state index contributed by atoms with van der Waals surface area (Å²) in [5.74, 6) is 3.12. The summed E-state index contributed by atoms with van der Waals surface area (Å²) in [6, 6.07) is 26.9. The van der Waals surface area contributed by atoms with Gasteiger partial charge in [-0.2, -0.15) is 0 Å². The number of carbonyl (C=O) groups excluding carboxylic acids is 1. The molecule has 0 spiro atoms. The van der Waals surface area contributed by atoms with E-state index in [0.717, 1.165) is 75.3 Å². The van der Waals surface area contributed by atoms with Gasteiger partial charge in [-0.15, -0.1) is 0 Å². The van der Waals surface area contributed by atoms with Crippen LogP contribution in [0.2, 0.25) is 0 Å². The molecule has 4 fully saturated rings. The Hall–Kier alpha value is -4.66. The van der Waals surface area contributed by atoms with Crippen LogP contribution >= 0.6 is 0 Å². The summed E-state index contributed by atoms with van der Waals surface area (Å²) in [5, 5.41) is 5.71. The molecule has 2 saturated heterocycles. The number of H-pyrrole nitrogens is 2. The van der Waals surface area contributed by atoms with Crippen LogP contribution in [0.4, 0.5) is 4.39 Å². The van der Waals surface area contributed by atoms with E-state index in [-0.39, 0.29) is 23.7 Å². The van der Waals surface area contributed by atoms with Gasteiger partial charge in [0.15, 0.2) is 5.78 Å². The lowest BCUT2D eigenvalue weighted by Crippen LogP contribution is -2.33. The molecule has 0 amide bonds. The van der Waals surface area contributed by atoms with Gasteiger partial charge in [-0.25, -0.2) is 14.4 Å². The molecular formula is C38H33FN6O. The van der Waals surface area contributed by atoms with Crippen LogP contribution in [0.15, 0.2) is 85.1 Å². The molecule has 2 aliphatic heterocycles. The van der Waals surface area contributed by atoms with Crippen LogP contribution in [-0.4, -0.2) is 49.2 Å². The van der Waals surface area contributed by atoms with Gasteiger partial charge in [0.05, 0.1) is 41.6 Å². The highest BCUT2D eigenvalue weighted by atomic mass is 19.1. The van der Waals surface area contributed by atoms with Crippen LogP contribution in [0, 0.1) is 17.7 Å². The number of rotatable bonds is 7. The Balaban J connectivity index is 0.916. The minimum Gasteiger partial charge on any atom is -0.341 e. The van der Waals surface area contributed by atoms with Crippen molar-refractivity contribution in [2.75, 3.05) is 6.54 Å². The number of likely N-dealkylation sites (tertiary alicyclic amines) is 1. The molecule has 46 heavy (non-hydrogen) atoms. The summed E-state index contributed by atoms with van der Waals surface area (Å²) in [7, 11) is 0. The standard InChI is InChI=1S/C38H33FN6O/c39-28-13-22(7-10-27(28)32-18-40-37(43-32)31-15-24-14-30(24)41-31)21-6-9-26-23(12-21)8-11-29-36(26)44-38(42-29)34-17-25-16-33(25)45(34)19-35(46)20-4-2-1-3-5-20/h1-13,18,24-25,30-31,33-34,41H,14-17,19H2,(H,40,43)(H,42,44)/t24-,25-,30-,31+,33-,34+/m1/s1. The Labute approximate surface area is 265 Å². The van der Waals surface area contributed by atoms with Gasteiger partial charge in [-0.05, 0) is 78.3 Å². The number of aromatic nitrogens is 4. The van der Waals surface area contributed by atoms with Crippen molar-refractivity contribution in [2.45, 2.75) is 49.9 Å². The number of aromatic amines is 2. The van der Waals surface area contributed by atoms with Crippen molar-refractivity contribution in [1.82, 2.24) is 30.2 Å². The number of benzene rings is 4. The molecule has 228 valence electrons. The second-order valence-corrected chi connectivity index (χ2v) is 13.7. The van der Waals surface area contributed by atoms with Gasteiger partial charge in [0.1, 0.15) is 17.5 Å². The van der Waals surface area contributed by atoms with Crippen LogP contribution in [-0.2, 0) is 0 Å². The third-order valence-corrected chi connectivity index (χ3v) is 10.9. The van der Waals surface area contributed by atoms with E-state index in [2.05, 4.69) is 49.4 Å². The molecule has 2 aromatic heterocycles. The topological polar surface area (TPSA) is 89.7 Å². The van der Waals surface area contributed by atoms with E-state index in [1.54, 1.807) is 12.3 Å². The van der Waals surface area contributed by atoms with Gasteiger partial charge in [0, 0.05) is 28.6 Å². The maximum Gasteiger partial charge on any atom is 0.176 e. The Morgan fingerprint density at radius 1 is 0.870 bits per heavy atom. The highest BCUT2D eigenvalue weighted by molar-refractivity contribution is 6.05. The first-order valence-electron chi connectivity index (χ1n) is 16.4. The van der Waals surface area contributed by atoms with E-state index >= 15 is 4.39 Å². The predicted octanol–water partition coefficient (Wildman–Crippen LogP) is 7.35. The summed E-state index contributed by atoms with van der Waals surface area (Å²) in [4.78, 5) is 32.1. The first kappa shape index (κ1) is 26.5. The number of nitrogens with zero attached hydrogens (tertiary/aromatic N) is 3. The molecule has 4 aromatic carbocycles. The molecule has 0 bridgehead atoms. The lowest BCUT2D eigenvalue weighted by molar-refractivity contribution is 0.0899. The molecule has 6 aromatic rings. The highest BCUT2D eigenvalue weighted by Crippen LogP contribution is 2.53. The number of ketones is 1. The van der Waals surface area contributed by atoms with E-state index in [1.165, 1.54) is 6.42 Å². The molecule has 6 atom stereocenters. The van der Waals surface area contributed by atoms with Crippen molar-refractivity contribution in [1.29, 1.82) is 0 Å². The molecule has 2 aliphatic carbocycles. The number of piperidine rings is 2. The number of imidazole rings is 2. The van der Waals surface area contributed by atoms with Crippen LogP contribution in [0.25, 0.3) is 44.2 Å². The predicted molar refractivity (Wildman–Crippen MR) is 176 cm³/mol. The van der Waals surface area contributed by atoms with Gasteiger partial charge >= 0.3 is 0 Å². The average Bonchev–Trinajstić information content (AvgIpc) is 3.68. The Morgan fingerprint density at radius 3 is 2.59 bits per heavy atom. The third-order valence-electron chi connectivity index (χ3n) is 10.9. The Morgan fingerprint density at radius 2 is 1.74 bits per heavy atom. The van der Waals surface area contributed by atoms with E-state index < -0.39 is 0 Å². The highest BCUT2D eigenvalue weighted by Gasteiger charge is 2.53. The number of Topliss-reactive ketones (excluding diaryl/α,β-unsaturated/α-hetero) is 1. The second kappa shape index (κ2) is 9.92. The summed E-state index contributed by atoms with van der Waals surface area (Å²) in [6.07, 6.45) is 6.29. The summed E-state index contributed by atoms with van der Waals surface area (Å²) < 4.78 is 15.5. The lowest BCUT2D eigenvalue weighted by atomic mass is 9.99. The van der Waals surface area contributed by atoms with Gasteiger partial charge in [0.25, 0.3) is 0 Å². The number of carbonyl (C=O) groups is 1. The zero-order valence-corrected chi connectivity index (χ0v) is 25.2. The minimum atomic E-state index is -0.271. The van der Waals surface area contributed by atoms with Crippen LogP contribution < -0.4 is 5.32 Å². The van der Waals surface area contributed by atoms with Crippen molar-refractivity contribution in [3.63, 3.8) is 0 Å². The van der Waals surface area contributed by atoms with Crippen LogP contribution in [0.5, 0.6) is 0 Å². The number of halogens is 1. The minimum absolute atomic E-state index is 0.102. The van der Waals surface area contributed by atoms with E-state index in [1.807, 2.05) is 48.5 Å². The SMILES string of the molecule is O=C(CN1[C@@H]2C[C@@H]2C[C@H]1c1nc2c(ccc3cc(-c4ccc(-c5cnc([C@@H]6C[C@H]7C[C@H]7N6)[nH]5)c(F)c4)ccc32)[nH]1)c1ccccc1. The quantitative estimate of drug-likeness (QED) is 0.165. The normalized spacial score (nSPS) is 26.5. The first-order chi connectivity index (χ1) is 22.6. The molecule has 7 nitrogen and oxygen atoms in total. The fourth-order valence-corrected chi connectivity index (χ4v) is 8.18. The smallest absolute Gasteiger partial charge is 0.176 e. The largest absolute Gasteiger partial charge is 0.341 e. The number of hydrogen-bond donors (Lipinski definition) is 3. The molecule has 3 N–H and O–H groups in total.